The van der Waals surface area contributed by atoms with Crippen LogP contribution in [0.25, 0.3) is 0 Å². The van der Waals surface area contributed by atoms with E-state index in [4.69, 9.17) is 16.3 Å². The summed E-state index contributed by atoms with van der Waals surface area (Å²) in [6.45, 7) is 1.20. The van der Waals surface area contributed by atoms with Gasteiger partial charge in [0.15, 0.2) is 0 Å². The fraction of sp³-hybridized carbons (Fsp3) is 0.600. The van der Waals surface area contributed by atoms with Crippen molar-refractivity contribution < 1.29 is 14.3 Å². The van der Waals surface area contributed by atoms with Gasteiger partial charge >= 0.3 is 6.03 Å². The van der Waals surface area contributed by atoms with E-state index < -0.39 is 0 Å². The number of anilines is 1. The van der Waals surface area contributed by atoms with Gasteiger partial charge in [-0.2, -0.15) is 0 Å². The lowest BCUT2D eigenvalue weighted by Crippen LogP contribution is -2.49. The summed E-state index contributed by atoms with van der Waals surface area (Å²) in [4.78, 5) is 26.9. The van der Waals surface area contributed by atoms with E-state index in [0.29, 0.717) is 48.4 Å². The summed E-state index contributed by atoms with van der Waals surface area (Å²) in [5, 5.41) is 6.61. The predicted octanol–water partition coefficient (Wildman–Crippen LogP) is 4.04. The Hall–Kier alpha value is -1.95. The zero-order valence-electron chi connectivity index (χ0n) is 15.8. The molecule has 1 aromatic rings. The lowest BCUT2D eigenvalue weighted by atomic mass is 9.95. The summed E-state index contributed by atoms with van der Waals surface area (Å²) in [6, 6.07) is 5.46. The van der Waals surface area contributed by atoms with Gasteiger partial charge in [0.1, 0.15) is 5.75 Å². The molecule has 1 saturated carbocycles. The molecule has 2 fully saturated rings. The third-order valence-electron chi connectivity index (χ3n) is 5.51. The first-order valence-corrected chi connectivity index (χ1v) is 10.1. The molecule has 6 nitrogen and oxygen atoms in total. The molecule has 2 N–H and O–H groups in total. The minimum absolute atomic E-state index is 0.0114. The number of benzene rings is 1. The van der Waals surface area contributed by atoms with Crippen molar-refractivity contribution in [3.63, 3.8) is 0 Å². The number of hydrogen-bond donors (Lipinski definition) is 2. The number of nitrogens with one attached hydrogen (secondary N) is 2. The van der Waals surface area contributed by atoms with Crippen LogP contribution in [0.2, 0.25) is 5.02 Å². The van der Waals surface area contributed by atoms with Crippen molar-refractivity contribution in [2.75, 3.05) is 25.5 Å². The Morgan fingerprint density at radius 1 is 1.11 bits per heavy atom. The average Bonchev–Trinajstić information content (AvgIpc) is 2.69. The van der Waals surface area contributed by atoms with E-state index in [1.165, 1.54) is 19.3 Å². The number of methoxy groups -OCH3 is 1. The molecular weight excluding hydrogens is 366 g/mol. The number of piperidine rings is 1. The van der Waals surface area contributed by atoms with Crippen molar-refractivity contribution in [3.05, 3.63) is 23.2 Å². The van der Waals surface area contributed by atoms with E-state index in [2.05, 4.69) is 10.6 Å². The quantitative estimate of drug-likeness (QED) is 0.810. The number of halogens is 1. The van der Waals surface area contributed by atoms with Crippen LogP contribution in [-0.2, 0) is 4.79 Å². The largest absolute Gasteiger partial charge is 0.495 e. The maximum absolute atomic E-state index is 12.6. The third kappa shape index (κ3) is 5.28. The van der Waals surface area contributed by atoms with Crippen molar-refractivity contribution in [2.45, 2.75) is 51.0 Å². The topological polar surface area (TPSA) is 70.7 Å². The molecule has 3 rings (SSSR count). The highest BCUT2D eigenvalue weighted by Gasteiger charge is 2.29. The first kappa shape index (κ1) is 19.8. The van der Waals surface area contributed by atoms with Gasteiger partial charge in [-0.05, 0) is 43.9 Å². The zero-order chi connectivity index (χ0) is 19.2. The van der Waals surface area contributed by atoms with Gasteiger partial charge in [-0.3, -0.25) is 4.79 Å². The number of likely N-dealkylation sites (tertiary alicyclic amines) is 1. The van der Waals surface area contributed by atoms with Gasteiger partial charge in [0, 0.05) is 30.1 Å². The summed E-state index contributed by atoms with van der Waals surface area (Å²) in [6.07, 6.45) is 7.13. The first-order valence-electron chi connectivity index (χ1n) is 9.76. The van der Waals surface area contributed by atoms with E-state index >= 15 is 0 Å². The maximum Gasteiger partial charge on any atom is 0.317 e. The van der Waals surface area contributed by atoms with Crippen LogP contribution in [-0.4, -0.2) is 43.1 Å². The molecule has 0 radical (unpaired) electrons. The molecule has 0 bridgehead atoms. The van der Waals surface area contributed by atoms with Crippen molar-refractivity contribution in [3.8, 4) is 5.75 Å². The van der Waals surface area contributed by atoms with Crippen molar-refractivity contribution in [1.29, 1.82) is 0 Å². The van der Waals surface area contributed by atoms with Crippen LogP contribution in [0.5, 0.6) is 5.75 Å². The SMILES string of the molecule is COc1ccc(Cl)cc1NC(=O)C1CCN(C(=O)NC2CCCCC2)CC1. The number of amides is 3. The Balaban J connectivity index is 1.49. The number of urea groups is 1. The summed E-state index contributed by atoms with van der Waals surface area (Å²) in [7, 11) is 1.56. The van der Waals surface area contributed by atoms with Gasteiger partial charge in [0.25, 0.3) is 0 Å². The maximum atomic E-state index is 12.6. The molecule has 0 atom stereocenters. The molecule has 3 amide bonds. The van der Waals surface area contributed by atoms with E-state index in [0.717, 1.165) is 12.8 Å². The van der Waals surface area contributed by atoms with E-state index in [1.54, 1.807) is 25.3 Å². The first-order chi connectivity index (χ1) is 13.1. The second-order valence-electron chi connectivity index (χ2n) is 7.38. The number of carbonyl (C=O) groups excluding carboxylic acids is 2. The van der Waals surface area contributed by atoms with Crippen LogP contribution in [0.3, 0.4) is 0 Å². The molecule has 148 valence electrons. The number of carbonyl (C=O) groups is 2. The normalized spacial score (nSPS) is 18.8. The van der Waals surface area contributed by atoms with Gasteiger partial charge < -0.3 is 20.3 Å². The third-order valence-corrected chi connectivity index (χ3v) is 5.74. The number of nitrogens with zero attached hydrogens (tertiary/aromatic N) is 1. The molecule has 0 spiro atoms. The monoisotopic (exact) mass is 393 g/mol. The van der Waals surface area contributed by atoms with Gasteiger partial charge in [-0.25, -0.2) is 4.79 Å². The van der Waals surface area contributed by atoms with Gasteiger partial charge in [0.05, 0.1) is 12.8 Å². The lowest BCUT2D eigenvalue weighted by molar-refractivity contribution is -0.121. The van der Waals surface area contributed by atoms with E-state index in [-0.39, 0.29) is 17.9 Å². The van der Waals surface area contributed by atoms with Crippen LogP contribution in [0.4, 0.5) is 10.5 Å². The fourth-order valence-corrected chi connectivity index (χ4v) is 4.04. The standard InChI is InChI=1S/C20H28ClN3O3/c1-27-18-8-7-15(21)13-17(18)23-19(25)14-9-11-24(12-10-14)20(26)22-16-5-3-2-4-6-16/h7-8,13-14,16H,2-6,9-12H2,1H3,(H,22,26)(H,23,25). The highest BCUT2D eigenvalue weighted by atomic mass is 35.5. The van der Waals surface area contributed by atoms with E-state index in [1.807, 2.05) is 4.90 Å². The Kier molecular flexibility index (Phi) is 6.83. The zero-order valence-corrected chi connectivity index (χ0v) is 16.6. The molecule has 7 heteroatoms. The summed E-state index contributed by atoms with van der Waals surface area (Å²) >= 11 is 6.02. The van der Waals surface area contributed by atoms with Gasteiger partial charge in [-0.15, -0.1) is 0 Å². The molecular formula is C20H28ClN3O3. The van der Waals surface area contributed by atoms with Crippen LogP contribution >= 0.6 is 11.6 Å². The van der Waals surface area contributed by atoms with Crippen molar-refractivity contribution in [1.82, 2.24) is 10.2 Å². The van der Waals surface area contributed by atoms with Crippen molar-refractivity contribution >= 4 is 29.2 Å². The Labute approximate surface area is 165 Å². The number of ether oxygens (including phenoxy) is 1. The molecule has 27 heavy (non-hydrogen) atoms. The minimum Gasteiger partial charge on any atom is -0.495 e. The highest BCUT2D eigenvalue weighted by Crippen LogP contribution is 2.29. The lowest BCUT2D eigenvalue weighted by Gasteiger charge is -2.33. The molecule has 1 aromatic carbocycles. The predicted molar refractivity (Wildman–Crippen MR) is 106 cm³/mol. The second-order valence-corrected chi connectivity index (χ2v) is 7.82. The summed E-state index contributed by atoms with van der Waals surface area (Å²) in [5.41, 5.74) is 0.576. The fourth-order valence-electron chi connectivity index (χ4n) is 3.87. The minimum atomic E-state index is -0.118. The van der Waals surface area contributed by atoms with Crippen LogP contribution < -0.4 is 15.4 Å². The van der Waals surface area contributed by atoms with E-state index in [9.17, 15) is 9.59 Å². The molecule has 0 aromatic heterocycles. The molecule has 0 unspecified atom stereocenters. The second kappa shape index (κ2) is 9.31. The molecule has 1 saturated heterocycles. The Morgan fingerprint density at radius 2 is 1.81 bits per heavy atom. The Morgan fingerprint density at radius 3 is 2.48 bits per heavy atom. The van der Waals surface area contributed by atoms with Crippen LogP contribution in [0.1, 0.15) is 44.9 Å². The summed E-state index contributed by atoms with van der Waals surface area (Å²) in [5.74, 6) is 0.410. The number of rotatable bonds is 4. The van der Waals surface area contributed by atoms with Crippen molar-refractivity contribution in [2.24, 2.45) is 5.92 Å². The van der Waals surface area contributed by atoms with Gasteiger partial charge in [0.2, 0.25) is 5.91 Å². The van der Waals surface area contributed by atoms with Crippen LogP contribution in [0.15, 0.2) is 18.2 Å². The Bertz CT molecular complexity index is 668. The van der Waals surface area contributed by atoms with Crippen LogP contribution in [0, 0.1) is 5.92 Å². The number of hydrogen-bond acceptors (Lipinski definition) is 3. The van der Waals surface area contributed by atoms with Gasteiger partial charge in [-0.1, -0.05) is 30.9 Å². The molecule has 1 aliphatic heterocycles. The average molecular weight is 394 g/mol. The smallest absolute Gasteiger partial charge is 0.317 e. The molecule has 2 aliphatic rings. The molecule has 1 heterocycles. The molecule has 1 aliphatic carbocycles. The summed E-state index contributed by atoms with van der Waals surface area (Å²) < 4.78 is 5.27. The highest BCUT2D eigenvalue weighted by molar-refractivity contribution is 6.31.